The molecule has 3 aliphatic rings. The number of carbonyl (C=O) groups excluding carboxylic acids is 1. The van der Waals surface area contributed by atoms with E-state index in [9.17, 15) is 9.18 Å². The largest absolute Gasteiger partial charge is 0.493 e. The summed E-state index contributed by atoms with van der Waals surface area (Å²) in [4.78, 5) is 15.5. The average molecular weight is 496 g/mol. The molecule has 6 nitrogen and oxygen atoms in total. The second-order valence-electron chi connectivity index (χ2n) is 10.6. The summed E-state index contributed by atoms with van der Waals surface area (Å²) in [6.07, 6.45) is 10.4. The van der Waals surface area contributed by atoms with Crippen LogP contribution in [0.5, 0.6) is 11.5 Å². The Kier molecular flexibility index (Phi) is 7.37. The second-order valence-corrected chi connectivity index (χ2v) is 10.6. The Morgan fingerprint density at radius 3 is 2.56 bits per heavy atom. The van der Waals surface area contributed by atoms with Crippen molar-refractivity contribution in [2.75, 3.05) is 26.1 Å². The number of likely N-dealkylation sites (tertiary alicyclic amines) is 1. The van der Waals surface area contributed by atoms with Crippen LogP contribution in [0.1, 0.15) is 63.4 Å². The summed E-state index contributed by atoms with van der Waals surface area (Å²) < 4.78 is 24.7. The van der Waals surface area contributed by atoms with Gasteiger partial charge < -0.3 is 20.1 Å². The Labute approximate surface area is 213 Å². The van der Waals surface area contributed by atoms with E-state index < -0.39 is 0 Å². The van der Waals surface area contributed by atoms with Gasteiger partial charge in [-0.15, -0.1) is 0 Å². The predicted molar refractivity (Wildman–Crippen MR) is 139 cm³/mol. The summed E-state index contributed by atoms with van der Waals surface area (Å²) in [6.45, 7) is 1.09. The minimum Gasteiger partial charge on any atom is -0.493 e. The van der Waals surface area contributed by atoms with Crippen molar-refractivity contribution in [3.05, 3.63) is 53.8 Å². The van der Waals surface area contributed by atoms with E-state index in [2.05, 4.69) is 27.7 Å². The maximum absolute atomic E-state index is 13.6. The van der Waals surface area contributed by atoms with E-state index in [1.807, 2.05) is 6.07 Å². The fourth-order valence-corrected chi connectivity index (χ4v) is 6.97. The Balaban J connectivity index is 1.37. The van der Waals surface area contributed by atoms with E-state index in [4.69, 9.17) is 9.47 Å². The number of urea groups is 1. The van der Waals surface area contributed by atoms with E-state index >= 15 is 0 Å². The van der Waals surface area contributed by atoms with Crippen LogP contribution in [0.3, 0.4) is 0 Å². The standard InChI is InChI=1S/C29H38FN3O3/c1-35-25-12-11-20(17-26(25)36-2)29-14-13-23(32-28(34)31-22-8-6-7-21(30)18-22)19-27(29)33(16-15-29)24-9-4-3-5-10-24/h6-8,11-12,17-18,23-24,27H,3-5,9-10,13-16,19H2,1-2H3,(H2,31,32,34)/t23-,27+,29-/m0/s1. The summed E-state index contributed by atoms with van der Waals surface area (Å²) in [5.41, 5.74) is 1.81. The SMILES string of the molecule is COc1ccc([C@@]23CC[C@H](NC(=O)Nc4cccc(F)c4)C[C@H]2N(C2CCCCC2)CC3)cc1OC. The Morgan fingerprint density at radius 1 is 1.00 bits per heavy atom. The molecular formula is C29H38FN3O3. The third-order valence-electron chi connectivity index (χ3n) is 8.72. The summed E-state index contributed by atoms with van der Waals surface area (Å²) in [7, 11) is 3.36. The zero-order valence-corrected chi connectivity index (χ0v) is 21.4. The van der Waals surface area contributed by atoms with Gasteiger partial charge >= 0.3 is 6.03 Å². The van der Waals surface area contributed by atoms with Gasteiger partial charge in [-0.3, -0.25) is 4.90 Å². The van der Waals surface area contributed by atoms with Crippen molar-refractivity contribution in [2.24, 2.45) is 0 Å². The molecule has 1 saturated heterocycles. The highest BCUT2D eigenvalue weighted by atomic mass is 19.1. The number of methoxy groups -OCH3 is 2. The van der Waals surface area contributed by atoms with Crippen LogP contribution >= 0.6 is 0 Å². The van der Waals surface area contributed by atoms with Gasteiger partial charge in [-0.05, 0) is 81.0 Å². The van der Waals surface area contributed by atoms with Crippen molar-refractivity contribution in [3.8, 4) is 11.5 Å². The van der Waals surface area contributed by atoms with Gasteiger partial charge in [0, 0.05) is 29.2 Å². The predicted octanol–water partition coefficient (Wildman–Crippen LogP) is 5.86. The van der Waals surface area contributed by atoms with Gasteiger partial charge in [0.25, 0.3) is 0 Å². The highest BCUT2D eigenvalue weighted by Gasteiger charge is 2.53. The first-order valence-electron chi connectivity index (χ1n) is 13.3. The quantitative estimate of drug-likeness (QED) is 0.527. The number of anilines is 1. The zero-order chi connectivity index (χ0) is 25.1. The Morgan fingerprint density at radius 2 is 1.81 bits per heavy atom. The molecule has 5 rings (SSSR count). The molecule has 1 aliphatic heterocycles. The summed E-state index contributed by atoms with van der Waals surface area (Å²) in [6, 6.07) is 13.2. The molecule has 0 aromatic heterocycles. The molecule has 7 heteroatoms. The molecule has 2 saturated carbocycles. The molecule has 2 amide bonds. The number of fused-ring (bicyclic) bond motifs is 1. The molecule has 36 heavy (non-hydrogen) atoms. The molecule has 1 heterocycles. The molecule has 194 valence electrons. The molecular weight excluding hydrogens is 457 g/mol. The number of nitrogens with one attached hydrogen (secondary N) is 2. The van der Waals surface area contributed by atoms with Gasteiger partial charge in [0.2, 0.25) is 0 Å². The molecule has 2 aromatic rings. The maximum Gasteiger partial charge on any atom is 0.319 e. The Bertz CT molecular complexity index is 1070. The number of hydrogen-bond acceptors (Lipinski definition) is 4. The van der Waals surface area contributed by atoms with Crippen molar-refractivity contribution in [3.63, 3.8) is 0 Å². The van der Waals surface area contributed by atoms with Crippen LogP contribution in [0, 0.1) is 5.82 Å². The summed E-state index contributed by atoms with van der Waals surface area (Å²) in [5.74, 6) is 1.16. The lowest BCUT2D eigenvalue weighted by Gasteiger charge is -2.47. The van der Waals surface area contributed by atoms with Crippen molar-refractivity contribution < 1.29 is 18.7 Å². The molecule has 2 aliphatic carbocycles. The lowest BCUT2D eigenvalue weighted by molar-refractivity contribution is 0.0825. The zero-order valence-electron chi connectivity index (χ0n) is 21.4. The van der Waals surface area contributed by atoms with E-state index in [0.29, 0.717) is 17.8 Å². The summed E-state index contributed by atoms with van der Waals surface area (Å²) >= 11 is 0. The van der Waals surface area contributed by atoms with Crippen LogP contribution in [-0.2, 0) is 5.41 Å². The van der Waals surface area contributed by atoms with Crippen molar-refractivity contribution in [2.45, 2.75) is 81.3 Å². The van der Waals surface area contributed by atoms with Crippen molar-refractivity contribution in [1.82, 2.24) is 10.2 Å². The lowest BCUT2D eigenvalue weighted by atomic mass is 9.64. The van der Waals surface area contributed by atoms with Gasteiger partial charge in [-0.1, -0.05) is 31.4 Å². The third-order valence-corrected chi connectivity index (χ3v) is 8.72. The fourth-order valence-electron chi connectivity index (χ4n) is 6.97. The number of nitrogens with zero attached hydrogens (tertiary/aromatic N) is 1. The number of ether oxygens (including phenoxy) is 2. The van der Waals surface area contributed by atoms with Crippen LogP contribution in [0.4, 0.5) is 14.9 Å². The number of amides is 2. The smallest absolute Gasteiger partial charge is 0.319 e. The van der Waals surface area contributed by atoms with Gasteiger partial charge in [0.15, 0.2) is 11.5 Å². The molecule has 0 spiro atoms. The van der Waals surface area contributed by atoms with Gasteiger partial charge in [-0.25, -0.2) is 9.18 Å². The molecule has 0 radical (unpaired) electrons. The van der Waals surface area contributed by atoms with Crippen LogP contribution < -0.4 is 20.1 Å². The lowest BCUT2D eigenvalue weighted by Crippen LogP contribution is -2.55. The topological polar surface area (TPSA) is 62.8 Å². The van der Waals surface area contributed by atoms with Crippen LogP contribution in [0.15, 0.2) is 42.5 Å². The van der Waals surface area contributed by atoms with E-state index in [1.165, 1.54) is 49.8 Å². The minimum atomic E-state index is -0.362. The monoisotopic (exact) mass is 495 g/mol. The van der Waals surface area contributed by atoms with Crippen LogP contribution in [0.25, 0.3) is 0 Å². The highest BCUT2D eigenvalue weighted by Crippen LogP contribution is 2.51. The van der Waals surface area contributed by atoms with E-state index in [-0.39, 0.29) is 23.3 Å². The second kappa shape index (κ2) is 10.7. The first-order valence-corrected chi connectivity index (χ1v) is 13.3. The van der Waals surface area contributed by atoms with E-state index in [1.54, 1.807) is 26.4 Å². The molecule has 0 bridgehead atoms. The number of hydrogen-bond donors (Lipinski definition) is 2. The number of halogens is 1. The van der Waals surface area contributed by atoms with Crippen LogP contribution in [0.2, 0.25) is 0 Å². The molecule has 2 N–H and O–H groups in total. The first-order chi connectivity index (χ1) is 17.5. The third kappa shape index (κ3) is 4.90. The van der Waals surface area contributed by atoms with E-state index in [0.717, 1.165) is 43.7 Å². The number of rotatable bonds is 6. The molecule has 2 aromatic carbocycles. The fraction of sp³-hybridized carbons (Fsp3) is 0.552. The normalized spacial score (nSPS) is 26.8. The molecule has 3 fully saturated rings. The van der Waals surface area contributed by atoms with Crippen molar-refractivity contribution >= 4 is 11.7 Å². The summed E-state index contributed by atoms with van der Waals surface area (Å²) in [5, 5.41) is 5.99. The molecule has 3 atom stereocenters. The average Bonchev–Trinajstić information content (AvgIpc) is 3.28. The first kappa shape index (κ1) is 24.9. The number of benzene rings is 2. The highest BCUT2D eigenvalue weighted by molar-refractivity contribution is 5.89. The van der Waals surface area contributed by atoms with Crippen molar-refractivity contribution in [1.29, 1.82) is 0 Å². The Hall–Kier alpha value is -2.80. The minimum absolute atomic E-state index is 0.0359. The van der Waals surface area contributed by atoms with Crippen LogP contribution in [-0.4, -0.2) is 49.8 Å². The van der Waals surface area contributed by atoms with Gasteiger partial charge in [-0.2, -0.15) is 0 Å². The van der Waals surface area contributed by atoms with Gasteiger partial charge in [0.1, 0.15) is 5.82 Å². The maximum atomic E-state index is 13.6. The number of carbonyl (C=O) groups is 1. The molecule has 0 unspecified atom stereocenters. The van der Waals surface area contributed by atoms with Gasteiger partial charge in [0.05, 0.1) is 14.2 Å².